The third-order valence-corrected chi connectivity index (χ3v) is 4.32. The minimum absolute atomic E-state index is 0.453. The van der Waals surface area contributed by atoms with Gasteiger partial charge in [-0.3, -0.25) is 0 Å². The van der Waals surface area contributed by atoms with Crippen molar-refractivity contribution in [2.75, 3.05) is 37.6 Å². The van der Waals surface area contributed by atoms with E-state index in [2.05, 4.69) is 25.8 Å². The van der Waals surface area contributed by atoms with Gasteiger partial charge in [0.05, 0.1) is 0 Å². The predicted molar refractivity (Wildman–Crippen MR) is 77.4 cm³/mol. The Hall–Kier alpha value is -1.67. The molecule has 2 aliphatic heterocycles. The fraction of sp³-hybridized carbons (Fsp3) is 0.667. The van der Waals surface area contributed by atoms with Crippen molar-refractivity contribution in [3.05, 3.63) is 18.1 Å². The van der Waals surface area contributed by atoms with E-state index in [9.17, 15) is 0 Å². The molecule has 2 fully saturated rings. The third-order valence-electron chi connectivity index (χ3n) is 4.32. The number of piperidine rings is 1. The molecule has 0 aromatic carbocycles. The molecule has 1 aromatic heterocycles. The van der Waals surface area contributed by atoms with Crippen molar-refractivity contribution in [3.8, 4) is 6.07 Å². The second-order valence-corrected chi connectivity index (χ2v) is 5.80. The number of nitrogens with zero attached hydrogens (tertiary/aromatic N) is 5. The smallest absolute Gasteiger partial charge is 0.183 e. The van der Waals surface area contributed by atoms with Gasteiger partial charge < -0.3 is 9.80 Å². The van der Waals surface area contributed by atoms with Crippen molar-refractivity contribution in [2.24, 2.45) is 5.92 Å². The highest BCUT2D eigenvalue weighted by atomic mass is 15.2. The van der Waals surface area contributed by atoms with Gasteiger partial charge in [-0.15, -0.1) is 0 Å². The summed E-state index contributed by atoms with van der Waals surface area (Å²) < 4.78 is 0. The first-order chi connectivity index (χ1) is 9.86. The standard InChI is InChI=1S/C15H21N5/c16-10-14-15(18-6-5-17-14)20-9-3-4-13(12-20)11-19-7-1-2-8-19/h5-6,13H,1-4,7-9,11-12H2/t13-/m1/s1. The summed E-state index contributed by atoms with van der Waals surface area (Å²) in [4.78, 5) is 13.3. The topological polar surface area (TPSA) is 56.1 Å². The highest BCUT2D eigenvalue weighted by Crippen LogP contribution is 2.24. The molecule has 1 atom stereocenters. The maximum atomic E-state index is 9.16. The lowest BCUT2D eigenvalue weighted by atomic mass is 9.97. The quantitative estimate of drug-likeness (QED) is 0.837. The molecule has 0 radical (unpaired) electrons. The van der Waals surface area contributed by atoms with Gasteiger partial charge in [-0.1, -0.05) is 0 Å². The lowest BCUT2D eigenvalue weighted by Gasteiger charge is -2.35. The molecule has 5 heteroatoms. The molecule has 20 heavy (non-hydrogen) atoms. The van der Waals surface area contributed by atoms with E-state index in [1.165, 1.54) is 45.3 Å². The first kappa shape index (κ1) is 13.3. The van der Waals surface area contributed by atoms with Gasteiger partial charge in [0.1, 0.15) is 6.07 Å². The SMILES string of the molecule is N#Cc1nccnc1N1CCC[C@H](CN2CCCC2)C1. The molecule has 3 heterocycles. The lowest BCUT2D eigenvalue weighted by Crippen LogP contribution is -2.41. The number of anilines is 1. The van der Waals surface area contributed by atoms with Crippen molar-refractivity contribution in [3.63, 3.8) is 0 Å². The molecule has 2 aliphatic rings. The van der Waals surface area contributed by atoms with Crippen LogP contribution in [0.25, 0.3) is 0 Å². The van der Waals surface area contributed by atoms with E-state index in [-0.39, 0.29) is 0 Å². The molecule has 0 aliphatic carbocycles. The Morgan fingerprint density at radius 2 is 1.95 bits per heavy atom. The molecule has 0 unspecified atom stereocenters. The summed E-state index contributed by atoms with van der Waals surface area (Å²) in [6.07, 6.45) is 8.43. The van der Waals surface area contributed by atoms with E-state index in [1.54, 1.807) is 12.4 Å². The van der Waals surface area contributed by atoms with Crippen LogP contribution in [-0.4, -0.2) is 47.6 Å². The molecular weight excluding hydrogens is 250 g/mol. The Kier molecular flexibility index (Phi) is 4.12. The fourth-order valence-corrected chi connectivity index (χ4v) is 3.38. The molecule has 2 saturated heterocycles. The van der Waals surface area contributed by atoms with Crippen LogP contribution in [0, 0.1) is 17.2 Å². The lowest BCUT2D eigenvalue weighted by molar-refractivity contribution is 0.255. The number of likely N-dealkylation sites (tertiary alicyclic amines) is 1. The highest BCUT2D eigenvalue weighted by Gasteiger charge is 2.25. The molecule has 0 spiro atoms. The summed E-state index contributed by atoms with van der Waals surface area (Å²) in [5.41, 5.74) is 0.453. The second-order valence-electron chi connectivity index (χ2n) is 5.80. The molecule has 0 amide bonds. The van der Waals surface area contributed by atoms with Crippen molar-refractivity contribution in [1.82, 2.24) is 14.9 Å². The Balaban J connectivity index is 1.66. The largest absolute Gasteiger partial charge is 0.354 e. The van der Waals surface area contributed by atoms with Gasteiger partial charge in [0.15, 0.2) is 11.5 Å². The molecular formula is C15H21N5. The van der Waals surface area contributed by atoms with Crippen LogP contribution in [0.4, 0.5) is 5.82 Å². The summed E-state index contributed by atoms with van der Waals surface area (Å²) >= 11 is 0. The third kappa shape index (κ3) is 2.91. The zero-order chi connectivity index (χ0) is 13.8. The number of nitriles is 1. The van der Waals surface area contributed by atoms with Gasteiger partial charge in [-0.2, -0.15) is 5.26 Å². The summed E-state index contributed by atoms with van der Waals surface area (Å²) in [6.45, 7) is 5.70. The maximum Gasteiger partial charge on any atom is 0.183 e. The normalized spacial score (nSPS) is 23.8. The first-order valence-electron chi connectivity index (χ1n) is 7.55. The van der Waals surface area contributed by atoms with Crippen molar-refractivity contribution in [1.29, 1.82) is 5.26 Å². The maximum absolute atomic E-state index is 9.16. The van der Waals surface area contributed by atoms with Crippen molar-refractivity contribution < 1.29 is 0 Å². The van der Waals surface area contributed by atoms with Crippen LogP contribution in [0.2, 0.25) is 0 Å². The van der Waals surface area contributed by atoms with Crippen molar-refractivity contribution in [2.45, 2.75) is 25.7 Å². The van der Waals surface area contributed by atoms with Crippen molar-refractivity contribution >= 4 is 5.82 Å². The van der Waals surface area contributed by atoms with E-state index in [4.69, 9.17) is 5.26 Å². The van der Waals surface area contributed by atoms with Crippen LogP contribution < -0.4 is 4.90 Å². The number of hydrogen-bond donors (Lipinski definition) is 0. The Morgan fingerprint density at radius 3 is 2.75 bits per heavy atom. The fourth-order valence-electron chi connectivity index (χ4n) is 3.38. The molecule has 1 aromatic rings. The highest BCUT2D eigenvalue weighted by molar-refractivity contribution is 5.49. The van der Waals surface area contributed by atoms with Gasteiger partial charge in [0, 0.05) is 32.0 Å². The van der Waals surface area contributed by atoms with Crippen LogP contribution in [-0.2, 0) is 0 Å². The monoisotopic (exact) mass is 271 g/mol. The van der Waals surface area contributed by atoms with E-state index >= 15 is 0 Å². The zero-order valence-electron chi connectivity index (χ0n) is 11.8. The average Bonchev–Trinajstić information content (AvgIpc) is 3.00. The summed E-state index contributed by atoms with van der Waals surface area (Å²) in [5, 5.41) is 9.16. The molecule has 0 bridgehead atoms. The predicted octanol–water partition coefficient (Wildman–Crippen LogP) is 1.66. The van der Waals surface area contributed by atoms with Gasteiger partial charge >= 0.3 is 0 Å². The zero-order valence-corrected chi connectivity index (χ0v) is 11.8. The number of aromatic nitrogens is 2. The summed E-state index contributed by atoms with van der Waals surface area (Å²) in [7, 11) is 0. The van der Waals surface area contributed by atoms with Crippen LogP contribution in [0.3, 0.4) is 0 Å². The van der Waals surface area contributed by atoms with Gasteiger partial charge in [-0.05, 0) is 44.7 Å². The Labute approximate surface area is 120 Å². The molecule has 0 saturated carbocycles. The van der Waals surface area contributed by atoms with E-state index in [0.717, 1.165) is 18.9 Å². The molecule has 3 rings (SSSR count). The first-order valence-corrected chi connectivity index (χ1v) is 7.55. The van der Waals surface area contributed by atoms with Crippen LogP contribution in [0.1, 0.15) is 31.4 Å². The molecule has 0 N–H and O–H groups in total. The van der Waals surface area contributed by atoms with Crippen LogP contribution in [0.5, 0.6) is 0 Å². The minimum atomic E-state index is 0.453. The number of rotatable bonds is 3. The summed E-state index contributed by atoms with van der Waals surface area (Å²) in [6, 6.07) is 2.16. The van der Waals surface area contributed by atoms with Gasteiger partial charge in [0.2, 0.25) is 0 Å². The van der Waals surface area contributed by atoms with Crippen LogP contribution >= 0.6 is 0 Å². The Morgan fingerprint density at radius 1 is 1.15 bits per heavy atom. The minimum Gasteiger partial charge on any atom is -0.354 e. The van der Waals surface area contributed by atoms with Crippen LogP contribution in [0.15, 0.2) is 12.4 Å². The molecule has 5 nitrogen and oxygen atoms in total. The van der Waals surface area contributed by atoms with Gasteiger partial charge in [0.25, 0.3) is 0 Å². The van der Waals surface area contributed by atoms with Gasteiger partial charge in [-0.25, -0.2) is 9.97 Å². The van der Waals surface area contributed by atoms with E-state index in [0.29, 0.717) is 11.6 Å². The molecule has 106 valence electrons. The average molecular weight is 271 g/mol. The second kappa shape index (κ2) is 6.19. The number of hydrogen-bond acceptors (Lipinski definition) is 5. The van der Waals surface area contributed by atoms with E-state index in [1.807, 2.05) is 0 Å². The van der Waals surface area contributed by atoms with E-state index < -0.39 is 0 Å². The Bertz CT molecular complexity index is 489. The summed E-state index contributed by atoms with van der Waals surface area (Å²) in [5.74, 6) is 1.46.